The van der Waals surface area contributed by atoms with E-state index in [0.717, 1.165) is 42.8 Å². The van der Waals surface area contributed by atoms with Crippen molar-refractivity contribution in [3.05, 3.63) is 46.8 Å². The van der Waals surface area contributed by atoms with Crippen molar-refractivity contribution in [1.82, 2.24) is 25.2 Å². The third kappa shape index (κ3) is 4.36. The van der Waals surface area contributed by atoms with Crippen molar-refractivity contribution in [3.63, 3.8) is 0 Å². The summed E-state index contributed by atoms with van der Waals surface area (Å²) in [4.78, 5) is 14.6. The van der Waals surface area contributed by atoms with Gasteiger partial charge in [0.25, 0.3) is 5.91 Å². The van der Waals surface area contributed by atoms with Gasteiger partial charge in [0.05, 0.1) is 24.4 Å². The van der Waals surface area contributed by atoms with E-state index in [1.165, 1.54) is 0 Å². The zero-order valence-electron chi connectivity index (χ0n) is 16.4. The molecule has 7 nitrogen and oxygen atoms in total. The van der Waals surface area contributed by atoms with Gasteiger partial charge in [-0.1, -0.05) is 35.0 Å². The first-order chi connectivity index (χ1) is 13.0. The van der Waals surface area contributed by atoms with Crippen molar-refractivity contribution >= 4 is 5.91 Å². The number of likely N-dealkylation sites (N-methyl/N-ethyl adjacent to an activating group) is 1. The molecule has 7 heteroatoms. The van der Waals surface area contributed by atoms with E-state index >= 15 is 0 Å². The molecular weight excluding hydrogens is 342 g/mol. The Bertz CT molecular complexity index is 765. The molecule has 0 spiro atoms. The van der Waals surface area contributed by atoms with Crippen LogP contribution in [0.4, 0.5) is 0 Å². The van der Waals surface area contributed by atoms with Crippen LogP contribution in [0.2, 0.25) is 0 Å². The number of carbonyl (C=O) groups is 1. The molecule has 1 aromatic heterocycles. The summed E-state index contributed by atoms with van der Waals surface area (Å²) in [6, 6.07) is 8.01. The molecule has 0 radical (unpaired) electrons. The fraction of sp³-hybridized carbons (Fsp3) is 0.550. The first kappa shape index (κ1) is 19.5. The van der Waals surface area contributed by atoms with Crippen LogP contribution in [0.3, 0.4) is 0 Å². The van der Waals surface area contributed by atoms with Crippen molar-refractivity contribution in [2.45, 2.75) is 45.8 Å². The Labute approximate surface area is 160 Å². The number of carbonyl (C=O) groups excluding carboxylic acids is 1. The number of hydrogen-bond acceptors (Lipinski definition) is 5. The Balaban J connectivity index is 1.72. The second-order valence-corrected chi connectivity index (χ2v) is 7.22. The van der Waals surface area contributed by atoms with Crippen LogP contribution in [0.15, 0.2) is 24.3 Å². The van der Waals surface area contributed by atoms with Crippen LogP contribution in [0.1, 0.15) is 59.2 Å². The second kappa shape index (κ2) is 8.63. The lowest BCUT2D eigenvalue weighted by Crippen LogP contribution is -2.35. The third-order valence-corrected chi connectivity index (χ3v) is 5.31. The van der Waals surface area contributed by atoms with Gasteiger partial charge in [-0.15, -0.1) is 5.10 Å². The van der Waals surface area contributed by atoms with E-state index in [2.05, 4.69) is 15.6 Å². The molecule has 0 unspecified atom stereocenters. The van der Waals surface area contributed by atoms with Gasteiger partial charge in [0.2, 0.25) is 0 Å². The Morgan fingerprint density at radius 1 is 1.30 bits per heavy atom. The Morgan fingerprint density at radius 2 is 1.96 bits per heavy atom. The maximum absolute atomic E-state index is 13.0. The highest BCUT2D eigenvalue weighted by Gasteiger charge is 2.26. The highest BCUT2D eigenvalue weighted by atomic mass is 16.3. The van der Waals surface area contributed by atoms with E-state index in [9.17, 15) is 9.90 Å². The number of nitrogens with one attached hydrogen (secondary N) is 1. The van der Waals surface area contributed by atoms with Crippen LogP contribution in [0, 0.1) is 13.8 Å². The molecule has 1 aliphatic rings. The first-order valence-electron chi connectivity index (χ1n) is 9.67. The molecule has 2 heterocycles. The topological polar surface area (TPSA) is 83.3 Å². The molecule has 1 aliphatic heterocycles. The number of aryl methyl sites for hydroxylation is 1. The van der Waals surface area contributed by atoms with Crippen molar-refractivity contribution < 1.29 is 9.90 Å². The number of amides is 1. The summed E-state index contributed by atoms with van der Waals surface area (Å²) in [7, 11) is 0. The van der Waals surface area contributed by atoms with Crippen molar-refractivity contribution in [2.24, 2.45) is 0 Å². The quantitative estimate of drug-likeness (QED) is 0.812. The monoisotopic (exact) mass is 371 g/mol. The summed E-state index contributed by atoms with van der Waals surface area (Å²) in [6.07, 6.45) is 1.25. The number of benzene rings is 1. The molecular formula is C20H29N5O2. The van der Waals surface area contributed by atoms with E-state index in [4.69, 9.17) is 0 Å². The molecule has 3 rings (SSSR count). The Morgan fingerprint density at radius 3 is 2.59 bits per heavy atom. The highest BCUT2D eigenvalue weighted by molar-refractivity contribution is 5.93. The number of hydrogen-bond donors (Lipinski definition) is 2. The van der Waals surface area contributed by atoms with Gasteiger partial charge in [-0.05, 0) is 52.3 Å². The van der Waals surface area contributed by atoms with E-state index in [1.54, 1.807) is 4.90 Å². The summed E-state index contributed by atoms with van der Waals surface area (Å²) in [5.74, 6) is -0.179. The first-order valence-corrected chi connectivity index (χ1v) is 9.67. The minimum absolute atomic E-state index is 0.179. The van der Waals surface area contributed by atoms with Crippen LogP contribution in [0.5, 0.6) is 0 Å². The van der Waals surface area contributed by atoms with Crippen LogP contribution in [-0.4, -0.2) is 57.1 Å². The molecule has 0 aliphatic carbocycles. The minimum Gasteiger partial charge on any atom is -0.387 e. The van der Waals surface area contributed by atoms with Gasteiger partial charge in [-0.3, -0.25) is 4.79 Å². The van der Waals surface area contributed by atoms with E-state index in [-0.39, 0.29) is 18.5 Å². The van der Waals surface area contributed by atoms with Gasteiger partial charge < -0.3 is 15.3 Å². The summed E-state index contributed by atoms with van der Waals surface area (Å²) < 4.78 is 1.89. The Hall–Kier alpha value is -2.25. The molecule has 1 fully saturated rings. The van der Waals surface area contributed by atoms with Crippen LogP contribution < -0.4 is 5.32 Å². The number of aliphatic hydroxyl groups is 1. The summed E-state index contributed by atoms with van der Waals surface area (Å²) in [5, 5.41) is 22.3. The molecule has 2 aromatic rings. The molecule has 0 bridgehead atoms. The van der Waals surface area contributed by atoms with E-state index in [1.807, 2.05) is 49.7 Å². The van der Waals surface area contributed by atoms with Crippen molar-refractivity contribution in [3.8, 4) is 0 Å². The number of aromatic nitrogens is 3. The lowest BCUT2D eigenvalue weighted by Gasteiger charge is -2.25. The molecule has 27 heavy (non-hydrogen) atoms. The molecule has 1 aromatic carbocycles. The van der Waals surface area contributed by atoms with Gasteiger partial charge in [-0.25, -0.2) is 4.68 Å². The summed E-state index contributed by atoms with van der Waals surface area (Å²) >= 11 is 0. The van der Waals surface area contributed by atoms with Gasteiger partial charge in [0, 0.05) is 6.54 Å². The minimum atomic E-state index is -0.728. The molecule has 146 valence electrons. The fourth-order valence-corrected chi connectivity index (χ4v) is 3.54. The number of piperidine rings is 1. The second-order valence-electron chi connectivity index (χ2n) is 7.22. The molecule has 0 saturated carbocycles. The number of aliphatic hydroxyl groups excluding tert-OH is 1. The maximum atomic E-state index is 13.0. The zero-order valence-corrected chi connectivity index (χ0v) is 16.4. The molecule has 2 N–H and O–H groups in total. The van der Waals surface area contributed by atoms with Gasteiger partial charge in [0.15, 0.2) is 5.69 Å². The van der Waals surface area contributed by atoms with Crippen LogP contribution in [0.25, 0.3) is 0 Å². The highest BCUT2D eigenvalue weighted by Crippen LogP contribution is 2.22. The normalized spacial score (nSPS) is 16.3. The Kier molecular flexibility index (Phi) is 6.23. The molecule has 1 amide bonds. The molecule has 1 atom stereocenters. The standard InChI is InChI=1S/C20H29N5O2/c1-4-24(13-18(26)16-7-5-14(2)6-8-16)20(27)19-15(3)25(23-22-19)17-9-11-21-12-10-17/h5-8,17-18,21,26H,4,9-13H2,1-3H3/t18-/m0/s1. The van der Waals surface area contributed by atoms with Gasteiger partial charge >= 0.3 is 0 Å². The van der Waals surface area contributed by atoms with Crippen LogP contribution >= 0.6 is 0 Å². The van der Waals surface area contributed by atoms with Crippen molar-refractivity contribution in [1.29, 1.82) is 0 Å². The zero-order chi connectivity index (χ0) is 19.4. The average Bonchev–Trinajstić information content (AvgIpc) is 3.08. The predicted molar refractivity (Wildman–Crippen MR) is 104 cm³/mol. The van der Waals surface area contributed by atoms with Crippen molar-refractivity contribution in [2.75, 3.05) is 26.2 Å². The van der Waals surface area contributed by atoms with Gasteiger partial charge in [-0.2, -0.15) is 0 Å². The lowest BCUT2D eigenvalue weighted by molar-refractivity contribution is 0.0628. The predicted octanol–water partition coefficient (Wildman–Crippen LogP) is 2.02. The van der Waals surface area contributed by atoms with E-state index in [0.29, 0.717) is 12.2 Å². The SMILES string of the molecule is CCN(C[C@H](O)c1ccc(C)cc1)C(=O)c1nnn(C2CCNCC2)c1C. The van der Waals surface area contributed by atoms with Crippen LogP contribution in [-0.2, 0) is 0 Å². The summed E-state index contributed by atoms with van der Waals surface area (Å²) in [6.45, 7) is 8.46. The number of nitrogens with zero attached hydrogens (tertiary/aromatic N) is 4. The van der Waals surface area contributed by atoms with E-state index < -0.39 is 6.10 Å². The fourth-order valence-electron chi connectivity index (χ4n) is 3.54. The smallest absolute Gasteiger partial charge is 0.276 e. The van der Waals surface area contributed by atoms with Gasteiger partial charge in [0.1, 0.15) is 0 Å². The largest absolute Gasteiger partial charge is 0.387 e. The maximum Gasteiger partial charge on any atom is 0.276 e. The molecule has 1 saturated heterocycles. The number of rotatable bonds is 6. The summed E-state index contributed by atoms with van der Waals surface area (Å²) in [5.41, 5.74) is 3.13. The lowest BCUT2D eigenvalue weighted by atomic mass is 10.1. The average molecular weight is 371 g/mol. The third-order valence-electron chi connectivity index (χ3n) is 5.31.